The molecule has 0 atom stereocenters. The molecular weight excluding hydrogens is 406 g/mol. The molecule has 0 spiro atoms. The Hall–Kier alpha value is -2.77. The van der Waals surface area contributed by atoms with Crippen molar-refractivity contribution in [2.24, 2.45) is 5.73 Å². The Bertz CT molecular complexity index is 871. The Labute approximate surface area is 190 Å². The van der Waals surface area contributed by atoms with E-state index in [1.54, 1.807) is 12.1 Å². The quantitative estimate of drug-likeness (QED) is 0.186. The minimum absolute atomic E-state index is 0.0112. The maximum atomic E-state index is 11.3. The van der Waals surface area contributed by atoms with E-state index in [1.165, 1.54) is 18.9 Å². The molecule has 7 heteroatoms. The van der Waals surface area contributed by atoms with Gasteiger partial charge in [-0.2, -0.15) is 0 Å². The molecule has 7 N–H and O–H groups in total. The Morgan fingerprint density at radius 1 is 0.844 bits per heavy atom. The van der Waals surface area contributed by atoms with Crippen molar-refractivity contribution < 1.29 is 20.1 Å². The van der Waals surface area contributed by atoms with Gasteiger partial charge in [0.1, 0.15) is 5.75 Å². The average molecular weight is 444 g/mol. The van der Waals surface area contributed by atoms with E-state index in [2.05, 4.69) is 10.6 Å². The number of carbonyl (C=O) groups excluding carboxylic acids is 1. The van der Waals surface area contributed by atoms with Crippen molar-refractivity contribution in [1.82, 2.24) is 10.6 Å². The smallest absolute Gasteiger partial charge is 0.252 e. The highest BCUT2D eigenvalue weighted by Crippen LogP contribution is 2.31. The van der Waals surface area contributed by atoms with Crippen LogP contribution in [0.25, 0.3) is 0 Å². The second-order valence-corrected chi connectivity index (χ2v) is 8.05. The molecule has 1 amide bonds. The van der Waals surface area contributed by atoms with Crippen LogP contribution in [0.3, 0.4) is 0 Å². The molecule has 32 heavy (non-hydrogen) atoms. The van der Waals surface area contributed by atoms with Crippen LogP contribution in [-0.2, 0) is 19.3 Å². The van der Waals surface area contributed by atoms with Crippen LogP contribution in [0.2, 0.25) is 0 Å². The van der Waals surface area contributed by atoms with E-state index in [9.17, 15) is 20.1 Å². The molecule has 0 heterocycles. The molecule has 0 saturated carbocycles. The summed E-state index contributed by atoms with van der Waals surface area (Å²) in [4.78, 5) is 11.3. The Morgan fingerprint density at radius 3 is 2.09 bits per heavy atom. The van der Waals surface area contributed by atoms with Crippen LogP contribution in [0, 0.1) is 0 Å². The number of phenolic OH excluding ortho intramolecular Hbond substituents is 2. The molecule has 2 aromatic carbocycles. The Balaban J connectivity index is 1.48. The predicted octanol–water partition coefficient (Wildman–Crippen LogP) is 2.99. The molecule has 0 unspecified atom stereocenters. The maximum absolute atomic E-state index is 11.3. The molecular formula is C25H37N3O4. The van der Waals surface area contributed by atoms with Crippen molar-refractivity contribution >= 4 is 5.91 Å². The van der Waals surface area contributed by atoms with Gasteiger partial charge >= 0.3 is 0 Å². The van der Waals surface area contributed by atoms with E-state index in [1.807, 2.05) is 19.1 Å². The lowest BCUT2D eigenvalue weighted by molar-refractivity contribution is 0.0997. The van der Waals surface area contributed by atoms with Crippen LogP contribution in [-0.4, -0.2) is 47.4 Å². The molecule has 0 aliphatic heterocycles. The summed E-state index contributed by atoms with van der Waals surface area (Å²) in [6.45, 7) is 5.58. The molecule has 7 nitrogen and oxygen atoms in total. The lowest BCUT2D eigenvalue weighted by Gasteiger charge is -2.12. The van der Waals surface area contributed by atoms with Crippen molar-refractivity contribution in [3.8, 4) is 17.2 Å². The molecule has 0 radical (unpaired) electrons. The molecule has 0 aliphatic rings. The SMILES string of the molecule is CCc1c(CCNCCCCCCNCCc2ccc(O)c(C(N)=O)c2)ccc(O)c1O. The average Bonchev–Trinajstić information content (AvgIpc) is 2.77. The van der Waals surface area contributed by atoms with E-state index in [4.69, 9.17) is 5.73 Å². The summed E-state index contributed by atoms with van der Waals surface area (Å²) < 4.78 is 0. The Morgan fingerprint density at radius 2 is 1.47 bits per heavy atom. The second kappa shape index (κ2) is 13.6. The van der Waals surface area contributed by atoms with Gasteiger partial charge < -0.3 is 31.7 Å². The summed E-state index contributed by atoms with van der Waals surface area (Å²) >= 11 is 0. The van der Waals surface area contributed by atoms with Crippen molar-refractivity contribution in [3.63, 3.8) is 0 Å². The van der Waals surface area contributed by atoms with E-state index >= 15 is 0 Å². The predicted molar refractivity (Wildman–Crippen MR) is 127 cm³/mol. The number of hydrogen-bond donors (Lipinski definition) is 6. The molecule has 0 aliphatic carbocycles. The normalized spacial score (nSPS) is 11.0. The van der Waals surface area contributed by atoms with Gasteiger partial charge in [-0.3, -0.25) is 4.79 Å². The van der Waals surface area contributed by atoms with Gasteiger partial charge in [0, 0.05) is 5.56 Å². The number of nitrogens with two attached hydrogens (primary N) is 1. The zero-order valence-electron chi connectivity index (χ0n) is 19.0. The van der Waals surface area contributed by atoms with Gasteiger partial charge in [-0.05, 0) is 87.6 Å². The number of aromatic hydroxyl groups is 3. The summed E-state index contributed by atoms with van der Waals surface area (Å²) in [6, 6.07) is 8.42. The summed E-state index contributed by atoms with van der Waals surface area (Å²) in [5.41, 5.74) is 8.32. The van der Waals surface area contributed by atoms with Crippen LogP contribution < -0.4 is 16.4 Å². The van der Waals surface area contributed by atoms with Crippen molar-refractivity contribution in [2.45, 2.75) is 51.9 Å². The first kappa shape index (κ1) is 25.5. The first-order chi connectivity index (χ1) is 15.4. The summed E-state index contributed by atoms with van der Waals surface area (Å²) in [5, 5.41) is 36.1. The lowest BCUT2D eigenvalue weighted by Crippen LogP contribution is -2.20. The largest absolute Gasteiger partial charge is 0.507 e. The zero-order valence-corrected chi connectivity index (χ0v) is 19.0. The first-order valence-corrected chi connectivity index (χ1v) is 11.5. The molecule has 176 valence electrons. The highest BCUT2D eigenvalue weighted by molar-refractivity contribution is 5.95. The van der Waals surface area contributed by atoms with Gasteiger partial charge in [-0.25, -0.2) is 0 Å². The molecule has 2 aromatic rings. The number of unbranched alkanes of at least 4 members (excludes halogenated alkanes) is 3. The van der Waals surface area contributed by atoms with Gasteiger partial charge in [0.05, 0.1) is 5.56 Å². The maximum Gasteiger partial charge on any atom is 0.252 e. The van der Waals surface area contributed by atoms with Gasteiger partial charge in [0.25, 0.3) is 5.91 Å². The second-order valence-electron chi connectivity index (χ2n) is 8.05. The number of rotatable bonds is 15. The van der Waals surface area contributed by atoms with E-state index in [0.717, 1.165) is 68.6 Å². The molecule has 0 bridgehead atoms. The van der Waals surface area contributed by atoms with Crippen LogP contribution >= 0.6 is 0 Å². The fourth-order valence-electron chi connectivity index (χ4n) is 3.79. The summed E-state index contributed by atoms with van der Waals surface area (Å²) in [7, 11) is 0. The highest BCUT2D eigenvalue weighted by atomic mass is 16.3. The molecule has 0 aromatic heterocycles. The topological polar surface area (TPSA) is 128 Å². The van der Waals surface area contributed by atoms with Crippen LogP contribution in [0.4, 0.5) is 0 Å². The number of hydrogen-bond acceptors (Lipinski definition) is 6. The lowest BCUT2D eigenvalue weighted by atomic mass is 10.0. The minimum Gasteiger partial charge on any atom is -0.507 e. The van der Waals surface area contributed by atoms with Gasteiger partial charge in [0.2, 0.25) is 0 Å². The number of primary amides is 1. The number of carbonyl (C=O) groups is 1. The van der Waals surface area contributed by atoms with E-state index in [0.29, 0.717) is 6.42 Å². The fraction of sp³-hybridized carbons (Fsp3) is 0.480. The van der Waals surface area contributed by atoms with Gasteiger partial charge in [-0.15, -0.1) is 0 Å². The Kier molecular flexibility index (Phi) is 10.8. The molecule has 0 fully saturated rings. The monoisotopic (exact) mass is 443 g/mol. The van der Waals surface area contributed by atoms with Gasteiger partial charge in [-0.1, -0.05) is 31.9 Å². The third-order valence-corrected chi connectivity index (χ3v) is 5.66. The standard InChI is InChI=1S/C25H37N3O4/c1-2-20-19(8-10-23(30)24(20)31)12-16-28-14-6-4-3-5-13-27-15-11-18-7-9-22(29)21(17-18)25(26)32/h7-10,17,27-31H,2-6,11-16H2,1H3,(H2,26,32). The van der Waals surface area contributed by atoms with E-state index in [-0.39, 0.29) is 22.8 Å². The van der Waals surface area contributed by atoms with Crippen LogP contribution in [0.15, 0.2) is 30.3 Å². The van der Waals surface area contributed by atoms with E-state index < -0.39 is 5.91 Å². The third kappa shape index (κ3) is 8.05. The zero-order chi connectivity index (χ0) is 23.3. The van der Waals surface area contributed by atoms with Crippen molar-refractivity contribution in [2.75, 3.05) is 26.2 Å². The highest BCUT2D eigenvalue weighted by Gasteiger charge is 2.10. The van der Waals surface area contributed by atoms with Crippen molar-refractivity contribution in [1.29, 1.82) is 0 Å². The van der Waals surface area contributed by atoms with Crippen molar-refractivity contribution in [3.05, 3.63) is 52.6 Å². The van der Waals surface area contributed by atoms with Gasteiger partial charge in [0.15, 0.2) is 11.5 Å². The van der Waals surface area contributed by atoms with Crippen LogP contribution in [0.1, 0.15) is 59.7 Å². The third-order valence-electron chi connectivity index (χ3n) is 5.66. The number of nitrogens with one attached hydrogen (secondary N) is 2. The number of benzene rings is 2. The molecule has 2 rings (SSSR count). The summed E-state index contributed by atoms with van der Waals surface area (Å²) in [5.74, 6) is -0.728. The summed E-state index contributed by atoms with van der Waals surface area (Å²) in [6.07, 6.45) is 6.92. The first-order valence-electron chi connectivity index (χ1n) is 11.5. The fourth-order valence-corrected chi connectivity index (χ4v) is 3.79. The number of phenols is 3. The number of amides is 1. The molecule has 0 saturated heterocycles. The minimum atomic E-state index is -0.614. The van der Waals surface area contributed by atoms with Crippen LogP contribution in [0.5, 0.6) is 17.2 Å².